The molecular weight excluding hydrogens is 148 g/mol. The van der Waals surface area contributed by atoms with Crippen LogP contribution in [0.4, 0.5) is 0 Å². The first-order valence-corrected chi connectivity index (χ1v) is 4.76. The summed E-state index contributed by atoms with van der Waals surface area (Å²) in [6.45, 7) is 6.34. The van der Waals surface area contributed by atoms with Crippen LogP contribution in [0.5, 0.6) is 0 Å². The molecule has 12 heavy (non-hydrogen) atoms. The standard InChI is InChI=1S/C10H18N2/c1-10(2,8-11)7-9-3-5-12-6-4-9/h9,12H,3-7H2,1-2H3. The molecule has 0 aromatic carbocycles. The van der Waals surface area contributed by atoms with Gasteiger partial charge in [0, 0.05) is 0 Å². The van der Waals surface area contributed by atoms with Gasteiger partial charge in [0.1, 0.15) is 0 Å². The second kappa shape index (κ2) is 3.91. The molecule has 0 aromatic rings. The molecule has 0 saturated carbocycles. The van der Waals surface area contributed by atoms with Crippen LogP contribution >= 0.6 is 0 Å². The minimum atomic E-state index is -0.123. The Hall–Kier alpha value is -0.550. The van der Waals surface area contributed by atoms with Crippen LogP contribution in [-0.2, 0) is 0 Å². The Morgan fingerprint density at radius 1 is 1.42 bits per heavy atom. The maximum absolute atomic E-state index is 8.86. The molecule has 0 aromatic heterocycles. The summed E-state index contributed by atoms with van der Waals surface area (Å²) in [6.07, 6.45) is 3.54. The van der Waals surface area contributed by atoms with Crippen molar-refractivity contribution in [1.29, 1.82) is 5.26 Å². The number of piperidine rings is 1. The lowest BCUT2D eigenvalue weighted by Gasteiger charge is -2.27. The summed E-state index contributed by atoms with van der Waals surface area (Å²) in [4.78, 5) is 0. The summed E-state index contributed by atoms with van der Waals surface area (Å²) in [5, 5.41) is 12.2. The zero-order valence-corrected chi connectivity index (χ0v) is 8.06. The number of nitrogens with one attached hydrogen (secondary N) is 1. The molecule has 0 radical (unpaired) electrons. The van der Waals surface area contributed by atoms with Gasteiger partial charge in [0.25, 0.3) is 0 Å². The van der Waals surface area contributed by atoms with Gasteiger partial charge in [-0.1, -0.05) is 0 Å². The monoisotopic (exact) mass is 166 g/mol. The first-order chi connectivity index (χ1) is 5.64. The Bertz CT molecular complexity index is 173. The fraction of sp³-hybridized carbons (Fsp3) is 0.900. The largest absolute Gasteiger partial charge is 0.317 e. The van der Waals surface area contributed by atoms with Gasteiger partial charge in [-0.25, -0.2) is 0 Å². The van der Waals surface area contributed by atoms with Crippen molar-refractivity contribution >= 4 is 0 Å². The zero-order valence-electron chi connectivity index (χ0n) is 8.06. The first-order valence-electron chi connectivity index (χ1n) is 4.76. The van der Waals surface area contributed by atoms with E-state index in [9.17, 15) is 0 Å². The lowest BCUT2D eigenvalue weighted by Crippen LogP contribution is -2.30. The number of nitriles is 1. The highest BCUT2D eigenvalue weighted by atomic mass is 14.9. The minimum Gasteiger partial charge on any atom is -0.317 e. The average Bonchev–Trinajstić information content (AvgIpc) is 2.06. The molecule has 1 rings (SSSR count). The fourth-order valence-corrected chi connectivity index (χ4v) is 1.85. The Morgan fingerprint density at radius 3 is 2.50 bits per heavy atom. The molecule has 1 saturated heterocycles. The number of nitrogens with zero attached hydrogens (tertiary/aromatic N) is 1. The van der Waals surface area contributed by atoms with Crippen molar-refractivity contribution in [3.05, 3.63) is 0 Å². The van der Waals surface area contributed by atoms with Gasteiger partial charge >= 0.3 is 0 Å². The molecule has 1 aliphatic rings. The van der Waals surface area contributed by atoms with Gasteiger partial charge in [0.2, 0.25) is 0 Å². The van der Waals surface area contributed by atoms with Gasteiger partial charge in [0.15, 0.2) is 0 Å². The fourth-order valence-electron chi connectivity index (χ4n) is 1.85. The lowest BCUT2D eigenvalue weighted by molar-refractivity contribution is 0.278. The minimum absolute atomic E-state index is 0.123. The summed E-state index contributed by atoms with van der Waals surface area (Å²) in [5.74, 6) is 0.765. The first kappa shape index (κ1) is 9.54. The maximum Gasteiger partial charge on any atom is 0.0684 e. The third-order valence-corrected chi connectivity index (χ3v) is 2.56. The number of hydrogen-bond acceptors (Lipinski definition) is 2. The van der Waals surface area contributed by atoms with Crippen molar-refractivity contribution < 1.29 is 0 Å². The van der Waals surface area contributed by atoms with E-state index in [0.29, 0.717) is 0 Å². The molecule has 2 nitrogen and oxygen atoms in total. The molecule has 0 unspecified atom stereocenters. The highest BCUT2D eigenvalue weighted by Gasteiger charge is 2.23. The van der Waals surface area contributed by atoms with Crippen molar-refractivity contribution in [1.82, 2.24) is 5.32 Å². The molecule has 2 heteroatoms. The molecule has 1 aliphatic heterocycles. The van der Waals surface area contributed by atoms with E-state index in [1.165, 1.54) is 12.8 Å². The van der Waals surface area contributed by atoms with Crippen LogP contribution < -0.4 is 5.32 Å². The quantitative estimate of drug-likeness (QED) is 0.680. The van der Waals surface area contributed by atoms with E-state index in [2.05, 4.69) is 11.4 Å². The summed E-state index contributed by atoms with van der Waals surface area (Å²) in [6, 6.07) is 2.37. The van der Waals surface area contributed by atoms with Crippen molar-refractivity contribution in [3.63, 3.8) is 0 Å². The number of hydrogen-bond donors (Lipinski definition) is 1. The van der Waals surface area contributed by atoms with E-state index in [-0.39, 0.29) is 5.41 Å². The zero-order chi connectivity index (χ0) is 9.03. The topological polar surface area (TPSA) is 35.8 Å². The normalized spacial score (nSPS) is 20.4. The predicted octanol–water partition coefficient (Wildman–Crippen LogP) is 1.93. The maximum atomic E-state index is 8.86. The summed E-state index contributed by atoms with van der Waals surface area (Å²) >= 11 is 0. The molecular formula is C10H18N2. The van der Waals surface area contributed by atoms with Crippen LogP contribution in [0.2, 0.25) is 0 Å². The molecule has 1 N–H and O–H groups in total. The summed E-state index contributed by atoms with van der Waals surface area (Å²) in [7, 11) is 0. The Morgan fingerprint density at radius 2 is 2.00 bits per heavy atom. The van der Waals surface area contributed by atoms with Gasteiger partial charge in [-0.05, 0) is 52.1 Å². The highest BCUT2D eigenvalue weighted by Crippen LogP contribution is 2.28. The SMILES string of the molecule is CC(C)(C#N)CC1CCNCC1. The summed E-state index contributed by atoms with van der Waals surface area (Å²) < 4.78 is 0. The lowest BCUT2D eigenvalue weighted by atomic mass is 9.80. The van der Waals surface area contributed by atoms with Crippen LogP contribution in [0.3, 0.4) is 0 Å². The molecule has 0 aliphatic carbocycles. The van der Waals surface area contributed by atoms with E-state index >= 15 is 0 Å². The second-order valence-electron chi connectivity index (χ2n) is 4.39. The summed E-state index contributed by atoms with van der Waals surface area (Å²) in [5.41, 5.74) is -0.123. The molecule has 1 heterocycles. The second-order valence-corrected chi connectivity index (χ2v) is 4.39. The van der Waals surface area contributed by atoms with Crippen LogP contribution in [0, 0.1) is 22.7 Å². The van der Waals surface area contributed by atoms with Crippen molar-refractivity contribution in [2.24, 2.45) is 11.3 Å². The number of rotatable bonds is 2. The van der Waals surface area contributed by atoms with E-state index in [1.807, 2.05) is 13.8 Å². The van der Waals surface area contributed by atoms with E-state index in [4.69, 9.17) is 5.26 Å². The van der Waals surface area contributed by atoms with Gasteiger partial charge in [-0.3, -0.25) is 0 Å². The van der Waals surface area contributed by atoms with Crippen LogP contribution in [-0.4, -0.2) is 13.1 Å². The Balaban J connectivity index is 2.35. The van der Waals surface area contributed by atoms with Gasteiger partial charge in [-0.2, -0.15) is 5.26 Å². The van der Waals surface area contributed by atoms with Crippen molar-refractivity contribution in [2.75, 3.05) is 13.1 Å². The van der Waals surface area contributed by atoms with E-state index in [1.54, 1.807) is 0 Å². The molecule has 0 atom stereocenters. The Kier molecular flexibility index (Phi) is 3.11. The molecule has 1 fully saturated rings. The van der Waals surface area contributed by atoms with Gasteiger partial charge in [-0.15, -0.1) is 0 Å². The van der Waals surface area contributed by atoms with Gasteiger partial charge in [0.05, 0.1) is 11.5 Å². The highest BCUT2D eigenvalue weighted by molar-refractivity contribution is 4.93. The van der Waals surface area contributed by atoms with Gasteiger partial charge < -0.3 is 5.32 Å². The van der Waals surface area contributed by atoms with E-state index in [0.717, 1.165) is 25.4 Å². The Labute approximate surface area is 75.0 Å². The molecule has 0 spiro atoms. The smallest absolute Gasteiger partial charge is 0.0684 e. The van der Waals surface area contributed by atoms with Crippen molar-refractivity contribution in [3.8, 4) is 6.07 Å². The molecule has 0 amide bonds. The molecule has 0 bridgehead atoms. The van der Waals surface area contributed by atoms with Crippen molar-refractivity contribution in [2.45, 2.75) is 33.1 Å². The van der Waals surface area contributed by atoms with Crippen LogP contribution in [0.25, 0.3) is 0 Å². The van der Waals surface area contributed by atoms with E-state index < -0.39 is 0 Å². The van der Waals surface area contributed by atoms with Crippen LogP contribution in [0.1, 0.15) is 33.1 Å². The average molecular weight is 166 g/mol. The molecule has 68 valence electrons. The predicted molar refractivity (Wildman–Crippen MR) is 49.6 cm³/mol. The van der Waals surface area contributed by atoms with Crippen LogP contribution in [0.15, 0.2) is 0 Å². The third-order valence-electron chi connectivity index (χ3n) is 2.56. The third kappa shape index (κ3) is 2.83.